The molecule has 0 bridgehead atoms. The molecule has 1 saturated carbocycles. The Balaban J connectivity index is 1.45. The molecule has 0 aromatic carbocycles. The van der Waals surface area contributed by atoms with Crippen molar-refractivity contribution < 1.29 is 9.47 Å². The second-order valence-electron chi connectivity index (χ2n) is 6.41. The molecule has 2 fully saturated rings. The fourth-order valence-electron chi connectivity index (χ4n) is 2.49. The summed E-state index contributed by atoms with van der Waals surface area (Å²) in [6.07, 6.45) is 2.70. The molecule has 1 atom stereocenters. The maximum atomic E-state index is 5.83. The fraction of sp³-hybridized carbons (Fsp3) is 0.867. The van der Waals surface area contributed by atoms with E-state index in [4.69, 9.17) is 9.47 Å². The van der Waals surface area contributed by atoms with Crippen LogP contribution in [-0.4, -0.2) is 59.5 Å². The predicted octanol–water partition coefficient (Wildman–Crippen LogP) is 1.73. The number of nitrogens with one attached hydrogen (secondary N) is 1. The lowest BCUT2D eigenvalue weighted by Crippen LogP contribution is -2.40. The van der Waals surface area contributed by atoms with Gasteiger partial charge in [0.25, 0.3) is 0 Å². The van der Waals surface area contributed by atoms with Crippen LogP contribution in [0.15, 0.2) is 0 Å². The van der Waals surface area contributed by atoms with E-state index < -0.39 is 0 Å². The molecule has 6 heteroatoms. The van der Waals surface area contributed by atoms with Crippen LogP contribution in [0.1, 0.15) is 50.4 Å². The number of ether oxygens (including phenoxy) is 2. The Labute approximate surface area is 126 Å². The molecule has 1 saturated heterocycles. The minimum atomic E-state index is 0.00202. The molecule has 118 valence electrons. The molecular weight excluding hydrogens is 268 g/mol. The van der Waals surface area contributed by atoms with E-state index in [1.807, 2.05) is 0 Å². The van der Waals surface area contributed by atoms with Gasteiger partial charge in [-0.25, -0.2) is 4.98 Å². The molecule has 0 radical (unpaired) electrons. The molecule has 1 aliphatic carbocycles. The van der Waals surface area contributed by atoms with Crippen LogP contribution in [0.5, 0.6) is 0 Å². The highest BCUT2D eigenvalue weighted by molar-refractivity contribution is 4.99. The van der Waals surface area contributed by atoms with Crippen molar-refractivity contribution in [3.63, 3.8) is 0 Å². The lowest BCUT2D eigenvalue weighted by Gasteiger charge is -2.31. The zero-order valence-corrected chi connectivity index (χ0v) is 13.0. The van der Waals surface area contributed by atoms with Crippen molar-refractivity contribution in [3.05, 3.63) is 11.6 Å². The molecule has 0 unspecified atom stereocenters. The van der Waals surface area contributed by atoms with Crippen LogP contribution in [0.2, 0.25) is 0 Å². The number of rotatable bonds is 7. The minimum Gasteiger partial charge on any atom is -0.380 e. The summed E-state index contributed by atoms with van der Waals surface area (Å²) < 4.78 is 11.5. The Morgan fingerprint density at radius 2 is 2.29 bits per heavy atom. The van der Waals surface area contributed by atoms with Gasteiger partial charge >= 0.3 is 0 Å². The van der Waals surface area contributed by atoms with Gasteiger partial charge in [-0.15, -0.1) is 0 Å². The summed E-state index contributed by atoms with van der Waals surface area (Å²) in [5, 5.41) is 7.28. The largest absolute Gasteiger partial charge is 0.380 e. The quantitative estimate of drug-likeness (QED) is 0.776. The monoisotopic (exact) mass is 294 g/mol. The Bertz CT molecular complexity index is 445. The van der Waals surface area contributed by atoms with Crippen molar-refractivity contribution in [3.8, 4) is 0 Å². The summed E-state index contributed by atoms with van der Waals surface area (Å²) in [7, 11) is 0. The maximum absolute atomic E-state index is 5.83. The van der Waals surface area contributed by atoms with E-state index in [0.717, 1.165) is 57.0 Å². The van der Waals surface area contributed by atoms with Gasteiger partial charge in [0.2, 0.25) is 0 Å². The summed E-state index contributed by atoms with van der Waals surface area (Å²) >= 11 is 0. The molecular formula is C15H26N4O2. The van der Waals surface area contributed by atoms with Gasteiger partial charge in [0.05, 0.1) is 13.2 Å². The van der Waals surface area contributed by atoms with Crippen LogP contribution in [0.3, 0.4) is 0 Å². The Kier molecular flexibility index (Phi) is 4.87. The van der Waals surface area contributed by atoms with E-state index in [2.05, 4.69) is 33.9 Å². The Morgan fingerprint density at radius 1 is 1.43 bits per heavy atom. The van der Waals surface area contributed by atoms with E-state index >= 15 is 0 Å². The van der Waals surface area contributed by atoms with Gasteiger partial charge in [-0.3, -0.25) is 10.00 Å². The van der Waals surface area contributed by atoms with Crippen LogP contribution in [-0.2, 0) is 9.47 Å². The van der Waals surface area contributed by atoms with Crippen LogP contribution in [0.25, 0.3) is 0 Å². The molecule has 1 N–H and O–H groups in total. The highest BCUT2D eigenvalue weighted by Crippen LogP contribution is 2.28. The standard InChI is InChI=1S/C15H26N4O2/c1-11(2)14-16-15(18-17-14)13-9-19(6-8-21-13)5-7-20-10-12-3-4-12/h11-13H,3-10H2,1-2H3,(H,16,17,18)/t13-/m1/s1. The molecule has 2 heterocycles. The number of nitrogens with zero attached hydrogens (tertiary/aromatic N) is 3. The Hall–Kier alpha value is -0.980. The molecule has 1 aromatic heterocycles. The van der Waals surface area contributed by atoms with Gasteiger partial charge in [0, 0.05) is 32.2 Å². The van der Waals surface area contributed by atoms with Crippen molar-refractivity contribution in [1.29, 1.82) is 0 Å². The van der Waals surface area contributed by atoms with Gasteiger partial charge in [-0.05, 0) is 18.8 Å². The fourth-order valence-corrected chi connectivity index (χ4v) is 2.49. The van der Waals surface area contributed by atoms with Crippen molar-refractivity contribution in [2.24, 2.45) is 5.92 Å². The van der Waals surface area contributed by atoms with Crippen molar-refractivity contribution in [2.75, 3.05) is 39.5 Å². The first-order valence-corrected chi connectivity index (χ1v) is 8.06. The van der Waals surface area contributed by atoms with Crippen LogP contribution >= 0.6 is 0 Å². The maximum Gasteiger partial charge on any atom is 0.155 e. The highest BCUT2D eigenvalue weighted by atomic mass is 16.5. The SMILES string of the molecule is CC(C)c1n[nH]c([C@H]2CN(CCOCC3CC3)CCO2)n1. The van der Waals surface area contributed by atoms with E-state index in [0.29, 0.717) is 5.92 Å². The van der Waals surface area contributed by atoms with E-state index in [1.54, 1.807) is 0 Å². The molecule has 1 aromatic rings. The smallest absolute Gasteiger partial charge is 0.155 e. The van der Waals surface area contributed by atoms with E-state index in [-0.39, 0.29) is 6.10 Å². The molecule has 21 heavy (non-hydrogen) atoms. The molecule has 2 aliphatic rings. The first kappa shape index (κ1) is 14.9. The highest BCUT2D eigenvalue weighted by Gasteiger charge is 2.25. The second kappa shape index (κ2) is 6.85. The minimum absolute atomic E-state index is 0.00202. The third-order valence-electron chi connectivity index (χ3n) is 4.09. The van der Waals surface area contributed by atoms with Crippen LogP contribution in [0, 0.1) is 5.92 Å². The summed E-state index contributed by atoms with van der Waals surface area (Å²) in [6, 6.07) is 0. The molecule has 1 aliphatic heterocycles. The van der Waals surface area contributed by atoms with E-state index in [9.17, 15) is 0 Å². The number of hydrogen-bond donors (Lipinski definition) is 1. The second-order valence-corrected chi connectivity index (χ2v) is 6.41. The lowest BCUT2D eigenvalue weighted by atomic mass is 10.2. The average Bonchev–Trinajstić information content (AvgIpc) is 3.17. The number of aromatic amines is 1. The predicted molar refractivity (Wildman–Crippen MR) is 79.1 cm³/mol. The van der Waals surface area contributed by atoms with Crippen molar-refractivity contribution in [1.82, 2.24) is 20.1 Å². The zero-order chi connectivity index (χ0) is 14.7. The van der Waals surface area contributed by atoms with Gasteiger partial charge in [0.15, 0.2) is 11.6 Å². The third-order valence-corrected chi connectivity index (χ3v) is 4.09. The normalized spacial score (nSPS) is 23.9. The molecule has 6 nitrogen and oxygen atoms in total. The third kappa shape index (κ3) is 4.25. The summed E-state index contributed by atoms with van der Waals surface area (Å²) in [5.74, 6) is 2.89. The molecule has 3 rings (SSSR count). The first-order valence-electron chi connectivity index (χ1n) is 8.06. The number of morpholine rings is 1. The van der Waals surface area contributed by atoms with Crippen molar-refractivity contribution >= 4 is 0 Å². The van der Waals surface area contributed by atoms with Crippen LogP contribution in [0.4, 0.5) is 0 Å². The number of hydrogen-bond acceptors (Lipinski definition) is 5. The summed E-state index contributed by atoms with van der Waals surface area (Å²) in [5.41, 5.74) is 0. The van der Waals surface area contributed by atoms with Gasteiger partial charge in [0.1, 0.15) is 6.10 Å². The number of aromatic nitrogens is 3. The number of H-pyrrole nitrogens is 1. The van der Waals surface area contributed by atoms with Gasteiger partial charge in [-0.2, -0.15) is 5.10 Å². The molecule has 0 amide bonds. The summed E-state index contributed by atoms with van der Waals surface area (Å²) in [4.78, 5) is 6.93. The Morgan fingerprint density at radius 3 is 3.00 bits per heavy atom. The topological polar surface area (TPSA) is 63.3 Å². The molecule has 0 spiro atoms. The van der Waals surface area contributed by atoms with Gasteiger partial charge < -0.3 is 9.47 Å². The average molecular weight is 294 g/mol. The zero-order valence-electron chi connectivity index (χ0n) is 13.0. The lowest BCUT2D eigenvalue weighted by molar-refractivity contribution is -0.0419. The van der Waals surface area contributed by atoms with Crippen molar-refractivity contribution in [2.45, 2.75) is 38.7 Å². The first-order chi connectivity index (χ1) is 10.2. The van der Waals surface area contributed by atoms with Gasteiger partial charge in [-0.1, -0.05) is 13.8 Å². The van der Waals surface area contributed by atoms with E-state index in [1.165, 1.54) is 12.8 Å². The van der Waals surface area contributed by atoms with Crippen LogP contribution < -0.4 is 0 Å². The summed E-state index contributed by atoms with van der Waals surface area (Å²) in [6.45, 7) is 9.48.